The maximum atomic E-state index is 9.20. The summed E-state index contributed by atoms with van der Waals surface area (Å²) >= 11 is 0. The van der Waals surface area contributed by atoms with E-state index in [2.05, 4.69) is 26.8 Å². The molecule has 72 valence electrons. The molecule has 0 radical (unpaired) electrons. The largest absolute Gasteiger partial charge is 0.198 e. The fourth-order valence-corrected chi connectivity index (χ4v) is 2.23. The molecule has 0 heterocycles. The third-order valence-electron chi connectivity index (χ3n) is 3.28. The summed E-state index contributed by atoms with van der Waals surface area (Å²) < 4.78 is 0. The monoisotopic (exact) mass is 177 g/mol. The van der Waals surface area contributed by atoms with E-state index in [0.29, 0.717) is 0 Å². The van der Waals surface area contributed by atoms with E-state index in [-0.39, 0.29) is 5.41 Å². The van der Waals surface area contributed by atoms with Gasteiger partial charge in [-0.1, -0.05) is 24.5 Å². The van der Waals surface area contributed by atoms with Crippen molar-refractivity contribution in [2.24, 2.45) is 5.41 Å². The quantitative estimate of drug-likeness (QED) is 0.588. The van der Waals surface area contributed by atoms with Crippen molar-refractivity contribution in [3.63, 3.8) is 0 Å². The second-order valence-electron chi connectivity index (χ2n) is 4.38. The SMILES string of the molecule is CCCC1(C#N)CCC(C)=C(C)C1. The van der Waals surface area contributed by atoms with E-state index in [1.54, 1.807) is 0 Å². The Kier molecular flexibility index (Phi) is 3.14. The van der Waals surface area contributed by atoms with Gasteiger partial charge in [-0.3, -0.25) is 0 Å². The molecule has 1 atom stereocenters. The van der Waals surface area contributed by atoms with Crippen LogP contribution in [0, 0.1) is 16.7 Å². The number of hydrogen-bond donors (Lipinski definition) is 0. The van der Waals surface area contributed by atoms with Gasteiger partial charge in [0.05, 0.1) is 11.5 Å². The third-order valence-corrected chi connectivity index (χ3v) is 3.28. The predicted molar refractivity (Wildman–Crippen MR) is 55.2 cm³/mol. The molecule has 1 aliphatic carbocycles. The highest BCUT2D eigenvalue weighted by Gasteiger charge is 2.32. The van der Waals surface area contributed by atoms with Crippen LogP contribution >= 0.6 is 0 Å². The molecule has 0 aromatic rings. The number of nitriles is 1. The molecule has 0 aliphatic heterocycles. The first kappa shape index (κ1) is 10.3. The van der Waals surface area contributed by atoms with Gasteiger partial charge in [-0.2, -0.15) is 5.26 Å². The molecule has 1 rings (SSSR count). The Bertz CT molecular complexity index is 257. The van der Waals surface area contributed by atoms with Crippen LogP contribution in [0.25, 0.3) is 0 Å². The molecule has 1 unspecified atom stereocenters. The molecule has 1 nitrogen and oxygen atoms in total. The second kappa shape index (κ2) is 3.96. The van der Waals surface area contributed by atoms with Crippen molar-refractivity contribution in [1.82, 2.24) is 0 Å². The number of rotatable bonds is 2. The van der Waals surface area contributed by atoms with Gasteiger partial charge in [-0.05, 0) is 39.5 Å². The van der Waals surface area contributed by atoms with Crippen LogP contribution in [0.1, 0.15) is 52.9 Å². The molecule has 0 fully saturated rings. The van der Waals surface area contributed by atoms with Gasteiger partial charge in [-0.15, -0.1) is 0 Å². The first-order valence-corrected chi connectivity index (χ1v) is 5.20. The molecule has 0 saturated carbocycles. The summed E-state index contributed by atoms with van der Waals surface area (Å²) in [5, 5.41) is 9.20. The molecular formula is C12H19N. The summed E-state index contributed by atoms with van der Waals surface area (Å²) in [6.07, 6.45) is 5.39. The normalized spacial score (nSPS) is 28.8. The van der Waals surface area contributed by atoms with Gasteiger partial charge >= 0.3 is 0 Å². The summed E-state index contributed by atoms with van der Waals surface area (Å²) in [4.78, 5) is 0. The van der Waals surface area contributed by atoms with E-state index in [1.165, 1.54) is 11.1 Å². The summed E-state index contributed by atoms with van der Waals surface area (Å²) in [5.41, 5.74) is 2.92. The van der Waals surface area contributed by atoms with Gasteiger partial charge in [0, 0.05) is 0 Å². The van der Waals surface area contributed by atoms with Crippen molar-refractivity contribution >= 4 is 0 Å². The van der Waals surface area contributed by atoms with Gasteiger partial charge in [0.2, 0.25) is 0 Å². The van der Waals surface area contributed by atoms with Crippen LogP contribution in [-0.4, -0.2) is 0 Å². The van der Waals surface area contributed by atoms with Crippen molar-refractivity contribution in [1.29, 1.82) is 5.26 Å². The van der Waals surface area contributed by atoms with Crippen LogP contribution in [0.5, 0.6) is 0 Å². The molecule has 0 aromatic heterocycles. The third kappa shape index (κ3) is 2.12. The lowest BCUT2D eigenvalue weighted by atomic mass is 9.70. The number of allylic oxidation sites excluding steroid dienone is 2. The molecule has 0 spiro atoms. The molecule has 0 saturated heterocycles. The lowest BCUT2D eigenvalue weighted by Crippen LogP contribution is -2.22. The van der Waals surface area contributed by atoms with Crippen LogP contribution in [0.2, 0.25) is 0 Å². The standard InChI is InChI=1S/C12H19N/c1-4-6-12(9-13)7-5-10(2)11(3)8-12/h4-8H2,1-3H3. The highest BCUT2D eigenvalue weighted by Crippen LogP contribution is 2.41. The number of hydrogen-bond acceptors (Lipinski definition) is 1. The molecule has 0 N–H and O–H groups in total. The molecule has 1 aliphatic rings. The Morgan fingerprint density at radius 2 is 2.08 bits per heavy atom. The van der Waals surface area contributed by atoms with Crippen LogP contribution < -0.4 is 0 Å². The Morgan fingerprint density at radius 1 is 1.38 bits per heavy atom. The molecule has 0 bridgehead atoms. The van der Waals surface area contributed by atoms with Gasteiger partial charge < -0.3 is 0 Å². The zero-order chi connectivity index (χ0) is 9.90. The van der Waals surface area contributed by atoms with E-state index in [9.17, 15) is 5.26 Å². The van der Waals surface area contributed by atoms with E-state index in [4.69, 9.17) is 0 Å². The Hall–Kier alpha value is -0.770. The van der Waals surface area contributed by atoms with Crippen molar-refractivity contribution < 1.29 is 0 Å². The maximum absolute atomic E-state index is 9.20. The van der Waals surface area contributed by atoms with E-state index < -0.39 is 0 Å². The van der Waals surface area contributed by atoms with Crippen molar-refractivity contribution in [2.75, 3.05) is 0 Å². The predicted octanol–water partition coefficient (Wildman–Crippen LogP) is 3.82. The summed E-state index contributed by atoms with van der Waals surface area (Å²) in [7, 11) is 0. The molecule has 1 heteroatoms. The van der Waals surface area contributed by atoms with Crippen LogP contribution in [-0.2, 0) is 0 Å². The maximum Gasteiger partial charge on any atom is 0.0693 e. The van der Waals surface area contributed by atoms with Crippen LogP contribution in [0.15, 0.2) is 11.1 Å². The fraction of sp³-hybridized carbons (Fsp3) is 0.750. The topological polar surface area (TPSA) is 23.8 Å². The lowest BCUT2D eigenvalue weighted by Gasteiger charge is -2.31. The van der Waals surface area contributed by atoms with Crippen LogP contribution in [0.4, 0.5) is 0 Å². The minimum atomic E-state index is -0.0294. The van der Waals surface area contributed by atoms with Crippen LogP contribution in [0.3, 0.4) is 0 Å². The summed E-state index contributed by atoms with van der Waals surface area (Å²) in [6, 6.07) is 2.54. The molecule has 13 heavy (non-hydrogen) atoms. The smallest absolute Gasteiger partial charge is 0.0693 e. The van der Waals surface area contributed by atoms with Gasteiger partial charge in [0.15, 0.2) is 0 Å². The Morgan fingerprint density at radius 3 is 2.54 bits per heavy atom. The first-order valence-electron chi connectivity index (χ1n) is 5.20. The highest BCUT2D eigenvalue weighted by atomic mass is 14.4. The van der Waals surface area contributed by atoms with Gasteiger partial charge in [0.25, 0.3) is 0 Å². The Labute approximate surface area is 81.5 Å². The van der Waals surface area contributed by atoms with Gasteiger partial charge in [0.1, 0.15) is 0 Å². The van der Waals surface area contributed by atoms with E-state index in [1.807, 2.05) is 0 Å². The van der Waals surface area contributed by atoms with E-state index >= 15 is 0 Å². The average Bonchev–Trinajstić information content (AvgIpc) is 2.12. The molecule has 0 amide bonds. The number of nitrogens with zero attached hydrogens (tertiary/aromatic N) is 1. The zero-order valence-electron chi connectivity index (χ0n) is 8.98. The molecule has 0 aromatic carbocycles. The minimum absolute atomic E-state index is 0.0294. The average molecular weight is 177 g/mol. The fourth-order valence-electron chi connectivity index (χ4n) is 2.23. The van der Waals surface area contributed by atoms with Crippen molar-refractivity contribution in [3.05, 3.63) is 11.1 Å². The lowest BCUT2D eigenvalue weighted by molar-refractivity contribution is 0.311. The second-order valence-corrected chi connectivity index (χ2v) is 4.38. The summed E-state index contributed by atoms with van der Waals surface area (Å²) in [5.74, 6) is 0. The highest BCUT2D eigenvalue weighted by molar-refractivity contribution is 5.20. The zero-order valence-corrected chi connectivity index (χ0v) is 8.98. The molecular weight excluding hydrogens is 158 g/mol. The Balaban J connectivity index is 2.79. The summed E-state index contributed by atoms with van der Waals surface area (Å²) in [6.45, 7) is 6.54. The first-order chi connectivity index (χ1) is 6.13. The van der Waals surface area contributed by atoms with Gasteiger partial charge in [-0.25, -0.2) is 0 Å². The van der Waals surface area contributed by atoms with E-state index in [0.717, 1.165) is 32.1 Å². The van der Waals surface area contributed by atoms with Crippen molar-refractivity contribution in [3.8, 4) is 6.07 Å². The van der Waals surface area contributed by atoms with Crippen molar-refractivity contribution in [2.45, 2.75) is 52.9 Å². The minimum Gasteiger partial charge on any atom is -0.198 e.